The molecule has 1 aromatic carbocycles. The fourth-order valence-electron chi connectivity index (χ4n) is 1.98. The van der Waals surface area contributed by atoms with Crippen LogP contribution in [0.25, 0.3) is 0 Å². The molecule has 2 heteroatoms. The van der Waals surface area contributed by atoms with Crippen LogP contribution in [-0.2, 0) is 0 Å². The number of hydrogen-bond acceptors (Lipinski definition) is 2. The summed E-state index contributed by atoms with van der Waals surface area (Å²) in [6.45, 7) is 6.46. The third-order valence-corrected chi connectivity index (χ3v) is 2.67. The van der Waals surface area contributed by atoms with Gasteiger partial charge in [0.2, 0.25) is 0 Å². The van der Waals surface area contributed by atoms with Gasteiger partial charge < -0.3 is 0 Å². The predicted octanol–water partition coefficient (Wildman–Crippen LogP) is 2.61. The van der Waals surface area contributed by atoms with Gasteiger partial charge in [-0.1, -0.05) is 31.5 Å². The van der Waals surface area contributed by atoms with Crippen molar-refractivity contribution in [2.75, 3.05) is 0 Å². The number of rotatable bonds is 4. The normalized spacial score (nSPS) is 12.9. The van der Waals surface area contributed by atoms with E-state index in [0.29, 0.717) is 6.04 Å². The van der Waals surface area contributed by atoms with Crippen LogP contribution in [0.1, 0.15) is 42.5 Å². The fraction of sp³-hybridized carbons (Fsp3) is 0.500. The summed E-state index contributed by atoms with van der Waals surface area (Å²) in [5.41, 5.74) is 6.90. The van der Waals surface area contributed by atoms with Crippen LogP contribution in [0.2, 0.25) is 0 Å². The van der Waals surface area contributed by atoms with E-state index < -0.39 is 0 Å². The number of nitrogens with two attached hydrogens (primary N) is 1. The van der Waals surface area contributed by atoms with Gasteiger partial charge in [0.05, 0.1) is 0 Å². The molecule has 1 atom stereocenters. The number of nitrogens with one attached hydrogen (secondary N) is 1. The molecule has 0 aliphatic heterocycles. The molecule has 0 radical (unpaired) electrons. The van der Waals surface area contributed by atoms with Crippen LogP contribution < -0.4 is 11.3 Å². The Morgan fingerprint density at radius 1 is 1.29 bits per heavy atom. The Bertz CT molecular complexity index is 274. The van der Waals surface area contributed by atoms with E-state index in [4.69, 9.17) is 5.84 Å². The summed E-state index contributed by atoms with van der Waals surface area (Å²) in [5.74, 6) is 5.58. The van der Waals surface area contributed by atoms with E-state index in [9.17, 15) is 0 Å². The van der Waals surface area contributed by atoms with Crippen LogP contribution in [0.4, 0.5) is 0 Å². The zero-order valence-electron chi connectivity index (χ0n) is 9.30. The molecule has 0 fully saturated rings. The van der Waals surface area contributed by atoms with Gasteiger partial charge in [-0.15, -0.1) is 0 Å². The molecule has 0 aromatic heterocycles. The number of benzene rings is 1. The Labute approximate surface area is 86.5 Å². The van der Waals surface area contributed by atoms with Gasteiger partial charge in [0.1, 0.15) is 0 Å². The van der Waals surface area contributed by atoms with Crippen LogP contribution in [0.15, 0.2) is 18.2 Å². The maximum Gasteiger partial charge on any atom is 0.0465 e. The highest BCUT2D eigenvalue weighted by atomic mass is 15.2. The Morgan fingerprint density at radius 3 is 2.29 bits per heavy atom. The van der Waals surface area contributed by atoms with Gasteiger partial charge in [-0.2, -0.15) is 0 Å². The van der Waals surface area contributed by atoms with Gasteiger partial charge in [-0.25, -0.2) is 0 Å². The number of hydrazine groups is 1. The zero-order chi connectivity index (χ0) is 10.6. The maximum atomic E-state index is 5.58. The zero-order valence-corrected chi connectivity index (χ0v) is 9.30. The van der Waals surface area contributed by atoms with E-state index >= 15 is 0 Å². The number of aryl methyl sites for hydroxylation is 2. The molecule has 1 rings (SSSR count). The van der Waals surface area contributed by atoms with Gasteiger partial charge >= 0.3 is 0 Å². The van der Waals surface area contributed by atoms with Crippen molar-refractivity contribution in [1.29, 1.82) is 0 Å². The van der Waals surface area contributed by atoms with E-state index in [0.717, 1.165) is 12.8 Å². The van der Waals surface area contributed by atoms with Gasteiger partial charge in [0, 0.05) is 6.04 Å². The highest BCUT2D eigenvalue weighted by molar-refractivity contribution is 5.36. The van der Waals surface area contributed by atoms with Crippen molar-refractivity contribution in [3.63, 3.8) is 0 Å². The fourth-order valence-corrected chi connectivity index (χ4v) is 1.98. The molecule has 78 valence electrons. The van der Waals surface area contributed by atoms with Gasteiger partial charge in [-0.05, 0) is 37.0 Å². The topological polar surface area (TPSA) is 38.0 Å². The lowest BCUT2D eigenvalue weighted by atomic mass is 9.94. The van der Waals surface area contributed by atoms with Gasteiger partial charge in [0.25, 0.3) is 0 Å². The molecule has 0 spiro atoms. The highest BCUT2D eigenvalue weighted by Crippen LogP contribution is 2.24. The molecule has 1 aromatic rings. The van der Waals surface area contributed by atoms with Crippen molar-refractivity contribution in [3.05, 3.63) is 34.9 Å². The molecule has 14 heavy (non-hydrogen) atoms. The molecule has 2 nitrogen and oxygen atoms in total. The summed E-state index contributed by atoms with van der Waals surface area (Å²) in [7, 11) is 0. The van der Waals surface area contributed by atoms with Crippen molar-refractivity contribution in [1.82, 2.24) is 5.43 Å². The summed E-state index contributed by atoms with van der Waals surface area (Å²) in [6, 6.07) is 6.67. The first kappa shape index (κ1) is 11.2. The summed E-state index contributed by atoms with van der Waals surface area (Å²) >= 11 is 0. The minimum absolute atomic E-state index is 0.293. The standard InChI is InChI=1S/C12H20N2/c1-4-6-11(14-13)12-9(2)7-5-8-10(12)3/h5,7-8,11,14H,4,6,13H2,1-3H3. The second-order valence-corrected chi connectivity index (χ2v) is 3.81. The molecule has 0 aliphatic rings. The minimum atomic E-state index is 0.293. The van der Waals surface area contributed by atoms with Crippen molar-refractivity contribution in [3.8, 4) is 0 Å². The van der Waals surface area contributed by atoms with Crippen molar-refractivity contribution in [2.24, 2.45) is 5.84 Å². The molecule has 0 saturated heterocycles. The molecule has 0 bridgehead atoms. The van der Waals surface area contributed by atoms with Gasteiger partial charge in [-0.3, -0.25) is 11.3 Å². The van der Waals surface area contributed by atoms with Gasteiger partial charge in [0.15, 0.2) is 0 Å². The minimum Gasteiger partial charge on any atom is -0.271 e. The lowest BCUT2D eigenvalue weighted by molar-refractivity contribution is 0.506. The molecular weight excluding hydrogens is 172 g/mol. The predicted molar refractivity (Wildman–Crippen MR) is 60.9 cm³/mol. The lowest BCUT2D eigenvalue weighted by Gasteiger charge is -2.20. The van der Waals surface area contributed by atoms with Crippen LogP contribution >= 0.6 is 0 Å². The summed E-state index contributed by atoms with van der Waals surface area (Å²) in [4.78, 5) is 0. The molecule has 0 heterocycles. The maximum absolute atomic E-state index is 5.58. The SMILES string of the molecule is CCCC(NN)c1c(C)cccc1C. The van der Waals surface area contributed by atoms with E-state index in [2.05, 4.69) is 44.4 Å². The molecule has 1 unspecified atom stereocenters. The van der Waals surface area contributed by atoms with E-state index in [-0.39, 0.29) is 0 Å². The van der Waals surface area contributed by atoms with Crippen molar-refractivity contribution < 1.29 is 0 Å². The average molecular weight is 192 g/mol. The van der Waals surface area contributed by atoms with E-state index in [1.807, 2.05) is 0 Å². The molecule has 0 aliphatic carbocycles. The summed E-state index contributed by atoms with van der Waals surface area (Å²) in [5, 5.41) is 0. The third kappa shape index (κ3) is 2.34. The third-order valence-electron chi connectivity index (χ3n) is 2.67. The Kier molecular flexibility index (Phi) is 4.11. The smallest absolute Gasteiger partial charge is 0.0465 e. The first-order valence-corrected chi connectivity index (χ1v) is 5.23. The summed E-state index contributed by atoms with van der Waals surface area (Å²) < 4.78 is 0. The van der Waals surface area contributed by atoms with Crippen LogP contribution in [0.5, 0.6) is 0 Å². The number of hydrogen-bond donors (Lipinski definition) is 2. The quantitative estimate of drug-likeness (QED) is 0.568. The van der Waals surface area contributed by atoms with Crippen LogP contribution in [0.3, 0.4) is 0 Å². The van der Waals surface area contributed by atoms with Crippen molar-refractivity contribution in [2.45, 2.75) is 39.7 Å². The Morgan fingerprint density at radius 2 is 1.86 bits per heavy atom. The molecule has 3 N–H and O–H groups in total. The summed E-state index contributed by atoms with van der Waals surface area (Å²) in [6.07, 6.45) is 2.23. The highest BCUT2D eigenvalue weighted by Gasteiger charge is 2.12. The lowest BCUT2D eigenvalue weighted by Crippen LogP contribution is -2.29. The second kappa shape index (κ2) is 5.13. The van der Waals surface area contributed by atoms with Crippen LogP contribution in [-0.4, -0.2) is 0 Å². The van der Waals surface area contributed by atoms with Crippen molar-refractivity contribution >= 4 is 0 Å². The molecular formula is C12H20N2. The first-order valence-electron chi connectivity index (χ1n) is 5.23. The average Bonchev–Trinajstić information content (AvgIpc) is 2.16. The first-order chi connectivity index (χ1) is 6.70. The van der Waals surface area contributed by atoms with Crippen LogP contribution in [0, 0.1) is 13.8 Å². The Balaban J connectivity index is 3.02. The van der Waals surface area contributed by atoms with E-state index in [1.54, 1.807) is 0 Å². The monoisotopic (exact) mass is 192 g/mol. The van der Waals surface area contributed by atoms with E-state index in [1.165, 1.54) is 16.7 Å². The molecule has 0 amide bonds. The second-order valence-electron chi connectivity index (χ2n) is 3.81. The Hall–Kier alpha value is -0.860. The molecule has 0 saturated carbocycles. The largest absolute Gasteiger partial charge is 0.271 e.